The molecule has 128 valence electrons. The van der Waals surface area contributed by atoms with Crippen molar-refractivity contribution in [3.05, 3.63) is 69.7 Å². The quantitative estimate of drug-likeness (QED) is 0.675. The smallest absolute Gasteiger partial charge is 0.220 e. The van der Waals surface area contributed by atoms with E-state index in [-0.39, 0.29) is 5.91 Å². The van der Waals surface area contributed by atoms with Gasteiger partial charge < -0.3 is 5.32 Å². The number of nitrogens with one attached hydrogen (secondary N) is 1. The highest BCUT2D eigenvalue weighted by Gasteiger charge is 2.04. The summed E-state index contributed by atoms with van der Waals surface area (Å²) in [5.74, 6) is 1.88. The van der Waals surface area contributed by atoms with Crippen molar-refractivity contribution in [2.75, 3.05) is 12.3 Å². The predicted molar refractivity (Wildman–Crippen MR) is 105 cm³/mol. The first-order valence-corrected chi connectivity index (χ1v) is 9.73. The zero-order valence-corrected chi connectivity index (χ0v) is 15.8. The van der Waals surface area contributed by atoms with E-state index < -0.39 is 0 Å². The summed E-state index contributed by atoms with van der Waals surface area (Å²) in [7, 11) is 0. The first-order valence-electron chi connectivity index (χ1n) is 8.20. The molecule has 0 unspecified atom stereocenters. The van der Waals surface area contributed by atoms with Crippen LogP contribution < -0.4 is 5.32 Å². The fourth-order valence-electron chi connectivity index (χ4n) is 2.37. The van der Waals surface area contributed by atoms with Crippen LogP contribution in [0.15, 0.2) is 42.5 Å². The van der Waals surface area contributed by atoms with Crippen molar-refractivity contribution in [3.8, 4) is 0 Å². The summed E-state index contributed by atoms with van der Waals surface area (Å²) < 4.78 is 0. The number of amides is 1. The van der Waals surface area contributed by atoms with Crippen molar-refractivity contribution in [1.29, 1.82) is 0 Å². The van der Waals surface area contributed by atoms with Gasteiger partial charge in [-0.25, -0.2) is 0 Å². The minimum absolute atomic E-state index is 0.117. The molecule has 0 bridgehead atoms. The Labute approximate surface area is 154 Å². The van der Waals surface area contributed by atoms with Gasteiger partial charge in [-0.05, 0) is 48.6 Å². The van der Waals surface area contributed by atoms with Gasteiger partial charge in [0.2, 0.25) is 5.91 Å². The van der Waals surface area contributed by atoms with Crippen LogP contribution in [0, 0.1) is 13.8 Å². The largest absolute Gasteiger partial charge is 0.355 e. The maximum atomic E-state index is 11.9. The molecule has 0 aliphatic carbocycles. The molecule has 2 nitrogen and oxygen atoms in total. The number of thioether (sulfide) groups is 1. The summed E-state index contributed by atoms with van der Waals surface area (Å²) >= 11 is 7.91. The maximum absolute atomic E-state index is 11.9. The lowest BCUT2D eigenvalue weighted by Crippen LogP contribution is -2.25. The molecule has 0 radical (unpaired) electrons. The molecule has 1 N–H and O–H groups in total. The van der Waals surface area contributed by atoms with Gasteiger partial charge >= 0.3 is 0 Å². The molecule has 0 saturated carbocycles. The summed E-state index contributed by atoms with van der Waals surface area (Å²) in [5.41, 5.74) is 4.94. The van der Waals surface area contributed by atoms with Gasteiger partial charge in [0.05, 0.1) is 0 Å². The van der Waals surface area contributed by atoms with Crippen LogP contribution >= 0.6 is 23.4 Å². The Morgan fingerprint density at radius 3 is 2.67 bits per heavy atom. The second-order valence-electron chi connectivity index (χ2n) is 5.91. The number of carbonyl (C=O) groups excluding carboxylic acids is 1. The second-order valence-corrected chi connectivity index (χ2v) is 7.42. The average molecular weight is 362 g/mol. The summed E-state index contributed by atoms with van der Waals surface area (Å²) in [5, 5.41) is 3.79. The lowest BCUT2D eigenvalue weighted by Gasteiger charge is -2.07. The van der Waals surface area contributed by atoms with Gasteiger partial charge in [-0.1, -0.05) is 48.0 Å². The topological polar surface area (TPSA) is 29.1 Å². The van der Waals surface area contributed by atoms with Crippen molar-refractivity contribution in [1.82, 2.24) is 5.32 Å². The minimum Gasteiger partial charge on any atom is -0.355 e. The third kappa shape index (κ3) is 6.21. The van der Waals surface area contributed by atoms with Crippen molar-refractivity contribution >= 4 is 29.3 Å². The van der Waals surface area contributed by atoms with Crippen LogP contribution in [0.2, 0.25) is 5.02 Å². The Balaban J connectivity index is 1.61. The zero-order valence-electron chi connectivity index (χ0n) is 14.3. The summed E-state index contributed by atoms with van der Waals surface area (Å²) in [6.45, 7) is 4.90. The molecule has 0 atom stereocenters. The van der Waals surface area contributed by atoms with Crippen molar-refractivity contribution in [2.45, 2.75) is 32.4 Å². The molecular weight excluding hydrogens is 338 g/mol. The third-order valence-electron chi connectivity index (χ3n) is 4.00. The zero-order chi connectivity index (χ0) is 17.4. The molecule has 0 saturated heterocycles. The average Bonchev–Trinajstić information content (AvgIpc) is 2.57. The normalized spacial score (nSPS) is 10.6. The van der Waals surface area contributed by atoms with Gasteiger partial charge in [-0.15, -0.1) is 0 Å². The van der Waals surface area contributed by atoms with Crippen LogP contribution in [-0.4, -0.2) is 18.2 Å². The molecule has 0 heterocycles. The van der Waals surface area contributed by atoms with E-state index >= 15 is 0 Å². The monoisotopic (exact) mass is 361 g/mol. The van der Waals surface area contributed by atoms with Crippen molar-refractivity contribution in [3.63, 3.8) is 0 Å². The lowest BCUT2D eigenvalue weighted by atomic mass is 10.0. The molecular formula is C20H24ClNOS. The molecule has 1 amide bonds. The van der Waals surface area contributed by atoms with E-state index in [9.17, 15) is 4.79 Å². The molecule has 0 spiro atoms. The van der Waals surface area contributed by atoms with Gasteiger partial charge in [0, 0.05) is 29.5 Å². The highest BCUT2D eigenvalue weighted by Crippen LogP contribution is 2.20. The van der Waals surface area contributed by atoms with E-state index in [0.717, 1.165) is 28.5 Å². The van der Waals surface area contributed by atoms with E-state index in [0.29, 0.717) is 13.0 Å². The molecule has 0 aliphatic heterocycles. The minimum atomic E-state index is 0.117. The predicted octanol–water partition coefficient (Wildman–Crippen LogP) is 4.94. The summed E-state index contributed by atoms with van der Waals surface area (Å²) in [6.07, 6.45) is 1.33. The SMILES string of the molecule is Cc1ccc(CCC(=O)NCCSCc2ccccc2Cl)cc1C. The van der Waals surface area contributed by atoms with Gasteiger partial charge in [-0.2, -0.15) is 11.8 Å². The number of carbonyl (C=O) groups is 1. The number of halogens is 1. The molecule has 24 heavy (non-hydrogen) atoms. The van der Waals surface area contributed by atoms with Crippen LogP contribution in [0.1, 0.15) is 28.7 Å². The van der Waals surface area contributed by atoms with Crippen LogP contribution in [-0.2, 0) is 17.0 Å². The first-order chi connectivity index (χ1) is 11.6. The molecule has 0 aliphatic rings. The fourth-order valence-corrected chi connectivity index (χ4v) is 3.51. The molecule has 0 fully saturated rings. The Morgan fingerprint density at radius 1 is 1.12 bits per heavy atom. The first kappa shape index (κ1) is 18.9. The molecule has 2 aromatic carbocycles. The van der Waals surface area contributed by atoms with Crippen LogP contribution in [0.4, 0.5) is 0 Å². The second kappa shape index (κ2) is 9.75. The van der Waals surface area contributed by atoms with E-state index in [4.69, 9.17) is 11.6 Å². The summed E-state index contributed by atoms with van der Waals surface area (Å²) in [4.78, 5) is 11.9. The van der Waals surface area contributed by atoms with Gasteiger partial charge in [-0.3, -0.25) is 4.79 Å². The standard InChI is InChI=1S/C20H24ClNOS/c1-15-7-8-17(13-16(15)2)9-10-20(23)22-11-12-24-14-18-5-3-4-6-19(18)21/h3-8,13H,9-12,14H2,1-2H3,(H,22,23). The van der Waals surface area contributed by atoms with Crippen molar-refractivity contribution < 1.29 is 4.79 Å². The number of hydrogen-bond acceptors (Lipinski definition) is 2. The highest BCUT2D eigenvalue weighted by molar-refractivity contribution is 7.98. The number of rotatable bonds is 8. The van der Waals surface area contributed by atoms with Gasteiger partial charge in [0.25, 0.3) is 0 Å². The van der Waals surface area contributed by atoms with E-state index in [1.807, 2.05) is 24.3 Å². The molecule has 0 aromatic heterocycles. The number of hydrogen-bond donors (Lipinski definition) is 1. The Morgan fingerprint density at radius 2 is 1.92 bits per heavy atom. The molecule has 2 rings (SSSR count). The highest BCUT2D eigenvalue weighted by atomic mass is 35.5. The summed E-state index contributed by atoms with van der Waals surface area (Å²) in [6, 6.07) is 14.3. The van der Waals surface area contributed by atoms with Crippen molar-refractivity contribution in [2.24, 2.45) is 0 Å². The maximum Gasteiger partial charge on any atom is 0.220 e. The van der Waals surface area contributed by atoms with Gasteiger partial charge in [0.1, 0.15) is 0 Å². The molecule has 2 aromatic rings. The van der Waals surface area contributed by atoms with Crippen LogP contribution in [0.5, 0.6) is 0 Å². The Kier molecular flexibility index (Phi) is 7.67. The third-order valence-corrected chi connectivity index (χ3v) is 5.37. The Bertz CT molecular complexity index is 687. The van der Waals surface area contributed by atoms with Crippen LogP contribution in [0.3, 0.4) is 0 Å². The van der Waals surface area contributed by atoms with E-state index in [1.165, 1.54) is 16.7 Å². The number of aryl methyl sites for hydroxylation is 3. The van der Waals surface area contributed by atoms with Gasteiger partial charge in [0.15, 0.2) is 0 Å². The molecule has 4 heteroatoms. The lowest BCUT2D eigenvalue weighted by molar-refractivity contribution is -0.120. The Hall–Kier alpha value is -1.45. The van der Waals surface area contributed by atoms with Crippen LogP contribution in [0.25, 0.3) is 0 Å². The fraction of sp³-hybridized carbons (Fsp3) is 0.350. The van der Waals surface area contributed by atoms with E-state index in [1.54, 1.807) is 11.8 Å². The number of benzene rings is 2. The van der Waals surface area contributed by atoms with E-state index in [2.05, 4.69) is 37.4 Å².